The summed E-state index contributed by atoms with van der Waals surface area (Å²) in [5, 5.41) is 5.66. The Labute approximate surface area is 149 Å². The first-order chi connectivity index (χ1) is 12.1. The summed E-state index contributed by atoms with van der Waals surface area (Å²) in [5.41, 5.74) is 0. The molecule has 0 spiro atoms. The lowest BCUT2D eigenvalue weighted by Gasteiger charge is -2.31. The third kappa shape index (κ3) is 6.43. The number of piperidine rings is 2. The van der Waals surface area contributed by atoms with Gasteiger partial charge in [0.1, 0.15) is 0 Å². The van der Waals surface area contributed by atoms with Gasteiger partial charge in [-0.15, -0.1) is 0 Å². The molecule has 2 fully saturated rings. The third-order valence-corrected chi connectivity index (χ3v) is 4.69. The van der Waals surface area contributed by atoms with Crippen LogP contribution in [0.2, 0.25) is 0 Å². The van der Waals surface area contributed by atoms with Crippen LogP contribution in [0.4, 0.5) is 9.59 Å². The van der Waals surface area contributed by atoms with Gasteiger partial charge in [-0.3, -0.25) is 4.79 Å². The van der Waals surface area contributed by atoms with Crippen molar-refractivity contribution in [3.63, 3.8) is 0 Å². The summed E-state index contributed by atoms with van der Waals surface area (Å²) >= 11 is 0. The van der Waals surface area contributed by atoms with E-state index in [1.807, 2.05) is 4.90 Å². The molecule has 8 nitrogen and oxygen atoms in total. The molecule has 0 aromatic carbocycles. The number of carbonyl (C=O) groups is 3. The van der Waals surface area contributed by atoms with Crippen molar-refractivity contribution in [3.05, 3.63) is 0 Å². The highest BCUT2D eigenvalue weighted by Crippen LogP contribution is 2.12. The summed E-state index contributed by atoms with van der Waals surface area (Å²) in [7, 11) is 0. The third-order valence-electron chi connectivity index (χ3n) is 4.69. The standard InChI is InChI=1S/C17H30N4O4/c1-2-25-17(24)21-12-7-14(8-13-21)19-16(23)18-9-6-15(22)20-10-4-3-5-11-20/h14H,2-13H2,1H3,(H2,18,19,23). The second-order valence-electron chi connectivity index (χ2n) is 6.55. The molecule has 8 heteroatoms. The Morgan fingerprint density at radius 3 is 2.32 bits per heavy atom. The van der Waals surface area contributed by atoms with Crippen LogP contribution in [-0.2, 0) is 9.53 Å². The molecule has 4 amide bonds. The van der Waals surface area contributed by atoms with Crippen molar-refractivity contribution in [2.45, 2.75) is 51.5 Å². The summed E-state index contributed by atoms with van der Waals surface area (Å²) in [6, 6.07) is -0.204. The van der Waals surface area contributed by atoms with E-state index in [-0.39, 0.29) is 24.1 Å². The van der Waals surface area contributed by atoms with Crippen LogP contribution in [0, 0.1) is 0 Å². The highest BCUT2D eigenvalue weighted by atomic mass is 16.6. The minimum Gasteiger partial charge on any atom is -0.450 e. The van der Waals surface area contributed by atoms with Crippen LogP contribution in [0.15, 0.2) is 0 Å². The lowest BCUT2D eigenvalue weighted by Crippen LogP contribution is -2.49. The summed E-state index contributed by atoms with van der Waals surface area (Å²) in [6.07, 6.45) is 4.81. The molecule has 0 saturated carbocycles. The number of urea groups is 1. The van der Waals surface area contributed by atoms with E-state index < -0.39 is 0 Å². The number of likely N-dealkylation sites (tertiary alicyclic amines) is 2. The summed E-state index contributed by atoms with van der Waals surface area (Å²) < 4.78 is 4.97. The van der Waals surface area contributed by atoms with E-state index >= 15 is 0 Å². The van der Waals surface area contributed by atoms with Crippen LogP contribution < -0.4 is 10.6 Å². The van der Waals surface area contributed by atoms with E-state index in [4.69, 9.17) is 4.74 Å². The Kier molecular flexibility index (Phi) is 7.81. The minimum absolute atomic E-state index is 0.0449. The first-order valence-corrected chi connectivity index (χ1v) is 9.34. The number of hydrogen-bond donors (Lipinski definition) is 2. The van der Waals surface area contributed by atoms with E-state index in [9.17, 15) is 14.4 Å². The zero-order valence-corrected chi connectivity index (χ0v) is 15.1. The smallest absolute Gasteiger partial charge is 0.409 e. The predicted octanol–water partition coefficient (Wildman–Crippen LogP) is 1.31. The maximum Gasteiger partial charge on any atom is 0.409 e. The van der Waals surface area contributed by atoms with Crippen LogP contribution in [0.5, 0.6) is 0 Å². The second kappa shape index (κ2) is 10.1. The van der Waals surface area contributed by atoms with Gasteiger partial charge in [-0.05, 0) is 39.0 Å². The van der Waals surface area contributed by atoms with Gasteiger partial charge in [0.15, 0.2) is 0 Å². The highest BCUT2D eigenvalue weighted by Gasteiger charge is 2.24. The van der Waals surface area contributed by atoms with Gasteiger partial charge in [-0.1, -0.05) is 0 Å². The Balaban J connectivity index is 1.58. The number of carbonyl (C=O) groups excluding carboxylic acids is 3. The van der Waals surface area contributed by atoms with E-state index in [2.05, 4.69) is 10.6 Å². The van der Waals surface area contributed by atoms with Gasteiger partial charge in [0.25, 0.3) is 0 Å². The maximum absolute atomic E-state index is 12.0. The van der Waals surface area contributed by atoms with Crippen molar-refractivity contribution < 1.29 is 19.1 Å². The quantitative estimate of drug-likeness (QED) is 0.779. The predicted molar refractivity (Wildman–Crippen MR) is 93.2 cm³/mol. The number of rotatable bonds is 5. The Morgan fingerprint density at radius 2 is 1.68 bits per heavy atom. The SMILES string of the molecule is CCOC(=O)N1CCC(NC(=O)NCCC(=O)N2CCCCC2)CC1. The molecule has 0 bridgehead atoms. The van der Waals surface area contributed by atoms with E-state index in [0.717, 1.165) is 25.9 Å². The van der Waals surface area contributed by atoms with Gasteiger partial charge in [0.2, 0.25) is 5.91 Å². The Morgan fingerprint density at radius 1 is 1.00 bits per heavy atom. The minimum atomic E-state index is -0.290. The number of hydrogen-bond acceptors (Lipinski definition) is 4. The fourth-order valence-electron chi connectivity index (χ4n) is 3.24. The highest BCUT2D eigenvalue weighted by molar-refractivity contribution is 5.78. The van der Waals surface area contributed by atoms with E-state index in [1.54, 1.807) is 11.8 Å². The molecule has 0 aliphatic carbocycles. The lowest BCUT2D eigenvalue weighted by atomic mass is 10.1. The summed E-state index contributed by atoms with van der Waals surface area (Å²) in [5.74, 6) is 0.114. The van der Waals surface area contributed by atoms with Crippen molar-refractivity contribution in [2.24, 2.45) is 0 Å². The van der Waals surface area contributed by atoms with Gasteiger partial charge < -0.3 is 25.2 Å². The topological polar surface area (TPSA) is 91.0 Å². The monoisotopic (exact) mass is 354 g/mol. The fourth-order valence-corrected chi connectivity index (χ4v) is 3.24. The second-order valence-corrected chi connectivity index (χ2v) is 6.55. The van der Waals surface area contributed by atoms with Crippen LogP contribution in [0.1, 0.15) is 45.4 Å². The molecule has 25 heavy (non-hydrogen) atoms. The molecule has 2 rings (SSSR count). The molecular weight excluding hydrogens is 324 g/mol. The molecule has 2 heterocycles. The molecule has 2 aliphatic heterocycles. The van der Waals surface area contributed by atoms with Crippen LogP contribution >= 0.6 is 0 Å². The zero-order valence-electron chi connectivity index (χ0n) is 15.1. The molecule has 2 saturated heterocycles. The van der Waals surface area contributed by atoms with Crippen molar-refractivity contribution in [3.8, 4) is 0 Å². The van der Waals surface area contributed by atoms with Crippen LogP contribution in [0.25, 0.3) is 0 Å². The maximum atomic E-state index is 12.0. The average Bonchev–Trinajstić information content (AvgIpc) is 2.63. The molecule has 2 aliphatic rings. The van der Waals surface area contributed by atoms with Crippen molar-refractivity contribution in [1.82, 2.24) is 20.4 Å². The molecule has 0 aromatic heterocycles. The van der Waals surface area contributed by atoms with Gasteiger partial charge in [-0.2, -0.15) is 0 Å². The fraction of sp³-hybridized carbons (Fsp3) is 0.824. The Bertz CT molecular complexity index is 458. The first kappa shape index (κ1) is 19.3. The molecule has 0 aromatic rings. The van der Waals surface area contributed by atoms with Gasteiger partial charge in [-0.25, -0.2) is 9.59 Å². The number of ether oxygens (including phenoxy) is 1. The zero-order chi connectivity index (χ0) is 18.1. The van der Waals surface area contributed by atoms with E-state index in [0.29, 0.717) is 45.5 Å². The van der Waals surface area contributed by atoms with Crippen molar-refractivity contribution in [2.75, 3.05) is 39.3 Å². The van der Waals surface area contributed by atoms with Gasteiger partial charge in [0, 0.05) is 45.2 Å². The molecule has 0 radical (unpaired) electrons. The molecule has 0 atom stereocenters. The lowest BCUT2D eigenvalue weighted by molar-refractivity contribution is -0.131. The first-order valence-electron chi connectivity index (χ1n) is 9.34. The normalized spacial score (nSPS) is 18.6. The average molecular weight is 354 g/mol. The van der Waals surface area contributed by atoms with Crippen molar-refractivity contribution in [1.29, 1.82) is 0 Å². The van der Waals surface area contributed by atoms with E-state index in [1.165, 1.54) is 6.42 Å². The largest absolute Gasteiger partial charge is 0.450 e. The number of amides is 4. The molecule has 0 unspecified atom stereocenters. The van der Waals surface area contributed by atoms with Gasteiger partial charge in [0.05, 0.1) is 6.61 Å². The Hall–Kier alpha value is -1.99. The van der Waals surface area contributed by atoms with Gasteiger partial charge >= 0.3 is 12.1 Å². The molecule has 2 N–H and O–H groups in total. The number of nitrogens with zero attached hydrogens (tertiary/aromatic N) is 2. The molecular formula is C17H30N4O4. The van der Waals surface area contributed by atoms with Crippen LogP contribution in [-0.4, -0.2) is 73.2 Å². The summed E-state index contributed by atoms with van der Waals surface area (Å²) in [4.78, 5) is 39.1. The number of nitrogens with one attached hydrogen (secondary N) is 2. The summed E-state index contributed by atoms with van der Waals surface area (Å²) in [6.45, 7) is 5.34. The van der Waals surface area contributed by atoms with Crippen LogP contribution in [0.3, 0.4) is 0 Å². The van der Waals surface area contributed by atoms with Crippen molar-refractivity contribution >= 4 is 18.0 Å². The molecule has 142 valence electrons.